The van der Waals surface area contributed by atoms with Crippen molar-refractivity contribution in [3.63, 3.8) is 0 Å². The number of phosphoric ester groups is 1. The lowest BCUT2D eigenvalue weighted by Gasteiger charge is -2.29. The summed E-state index contributed by atoms with van der Waals surface area (Å²) in [6.07, 6.45) is -0.275. The third kappa shape index (κ3) is 14.4. The molecule has 0 bridgehead atoms. The molecule has 0 aliphatic heterocycles. The minimum atomic E-state index is -4.22. The van der Waals surface area contributed by atoms with Crippen LogP contribution in [0.2, 0.25) is 0 Å². The Kier molecular flexibility index (Phi) is 13.4. The molecule has 0 aromatic rings. The van der Waals surface area contributed by atoms with Gasteiger partial charge in [-0.2, -0.15) is 11.8 Å². The Morgan fingerprint density at radius 1 is 1.07 bits per heavy atom. The Morgan fingerprint density at radius 2 is 1.70 bits per heavy atom. The number of aliphatic hydroxyl groups excluding tert-OH is 1. The molecule has 2 unspecified atom stereocenters. The van der Waals surface area contributed by atoms with E-state index in [1.165, 1.54) is 13.8 Å². The molecule has 0 saturated carbocycles. The number of hydrogen-bond donors (Lipinski definition) is 4. The van der Waals surface area contributed by atoms with Crippen LogP contribution in [0.3, 0.4) is 0 Å². The van der Waals surface area contributed by atoms with Crippen LogP contribution in [0.1, 0.15) is 54.4 Å². The number of amides is 2. The molecule has 0 fully saturated rings. The van der Waals surface area contributed by atoms with E-state index in [2.05, 4.69) is 35.9 Å². The van der Waals surface area contributed by atoms with E-state index in [-0.39, 0.29) is 32.1 Å². The first-order valence-corrected chi connectivity index (χ1v) is 12.8. The van der Waals surface area contributed by atoms with Crippen molar-refractivity contribution in [2.75, 3.05) is 37.8 Å². The van der Waals surface area contributed by atoms with Crippen LogP contribution in [0.5, 0.6) is 0 Å². The molecule has 0 spiro atoms. The van der Waals surface area contributed by atoms with Crippen LogP contribution in [0.25, 0.3) is 0 Å². The van der Waals surface area contributed by atoms with Crippen LogP contribution in [0.15, 0.2) is 0 Å². The highest BCUT2D eigenvalue weighted by atomic mass is 32.2. The fraction of sp³-hybridized carbons (Fsp3) is 0.895. The lowest BCUT2D eigenvalue weighted by Crippen LogP contribution is -2.46. The van der Waals surface area contributed by atoms with Crippen molar-refractivity contribution in [3.05, 3.63) is 0 Å². The van der Waals surface area contributed by atoms with Crippen LogP contribution in [0.4, 0.5) is 0 Å². The molecule has 2 atom stereocenters. The van der Waals surface area contributed by atoms with Crippen molar-refractivity contribution < 1.29 is 33.2 Å². The Hall–Kier alpha value is -0.640. The van der Waals surface area contributed by atoms with Crippen LogP contribution >= 0.6 is 19.6 Å². The van der Waals surface area contributed by atoms with E-state index in [1.54, 1.807) is 18.7 Å². The molecular weight excluding hydrogens is 431 g/mol. The smallest absolute Gasteiger partial charge is 0.383 e. The van der Waals surface area contributed by atoms with Crippen molar-refractivity contribution in [2.45, 2.75) is 60.5 Å². The van der Waals surface area contributed by atoms with Crippen molar-refractivity contribution in [1.29, 1.82) is 0 Å². The first kappa shape index (κ1) is 29.4. The van der Waals surface area contributed by atoms with E-state index in [9.17, 15) is 24.2 Å². The molecule has 0 aromatic heterocycles. The van der Waals surface area contributed by atoms with Gasteiger partial charge in [-0.1, -0.05) is 34.6 Å². The largest absolute Gasteiger partial charge is 0.472 e. The molecule has 0 rings (SSSR count). The zero-order chi connectivity index (χ0) is 23.4. The summed E-state index contributed by atoms with van der Waals surface area (Å²) in [5.74, 6) is 1.01. The summed E-state index contributed by atoms with van der Waals surface area (Å²) in [4.78, 5) is 33.4. The fourth-order valence-electron chi connectivity index (χ4n) is 2.11. The summed E-state index contributed by atoms with van der Waals surface area (Å²) in [5.41, 5.74) is -0.827. The van der Waals surface area contributed by atoms with Gasteiger partial charge in [-0.05, 0) is 24.5 Å². The normalized spacial score (nSPS) is 15.3. The second-order valence-corrected chi connectivity index (χ2v) is 11.5. The van der Waals surface area contributed by atoms with Crippen molar-refractivity contribution >= 4 is 31.4 Å². The monoisotopic (exact) mass is 470 g/mol. The molecule has 4 N–H and O–H groups in total. The van der Waals surface area contributed by atoms with E-state index >= 15 is 0 Å². The number of phosphoric acid groups is 1. The lowest BCUT2D eigenvalue weighted by molar-refractivity contribution is -0.137. The van der Waals surface area contributed by atoms with Gasteiger partial charge in [-0.3, -0.25) is 18.6 Å². The zero-order valence-electron chi connectivity index (χ0n) is 19.0. The minimum absolute atomic E-state index is 0.00504. The summed E-state index contributed by atoms with van der Waals surface area (Å²) >= 11 is 1.79. The van der Waals surface area contributed by atoms with E-state index in [4.69, 9.17) is 4.52 Å². The minimum Gasteiger partial charge on any atom is -0.383 e. The summed E-state index contributed by atoms with van der Waals surface area (Å²) in [6, 6.07) is 0. The number of rotatable bonds is 15. The molecule has 0 aromatic carbocycles. The molecule has 0 radical (unpaired) electrons. The van der Waals surface area contributed by atoms with Gasteiger partial charge in [-0.25, -0.2) is 4.57 Å². The maximum Gasteiger partial charge on any atom is 0.472 e. The Labute approximate surface area is 184 Å². The van der Waals surface area contributed by atoms with Gasteiger partial charge in [0, 0.05) is 30.7 Å². The van der Waals surface area contributed by atoms with Gasteiger partial charge in [-0.15, -0.1) is 0 Å². The van der Waals surface area contributed by atoms with Crippen molar-refractivity contribution in [3.8, 4) is 0 Å². The second kappa shape index (κ2) is 13.7. The van der Waals surface area contributed by atoms with Crippen LogP contribution < -0.4 is 10.6 Å². The predicted molar refractivity (Wildman–Crippen MR) is 119 cm³/mol. The predicted octanol–water partition coefficient (Wildman–Crippen LogP) is 2.32. The summed E-state index contributed by atoms with van der Waals surface area (Å²) < 4.78 is 21.0. The standard InChI is InChI=1S/C19H39N2O7PS/c1-7-27-29(25,26)28-14-19(5,6)16(23)17(24)21-10-8-15(22)20-11-13-30-12-9-18(2,3)4/h16,23H,7-14H2,1-6H3,(H,20,22)(H,21,24)(H,25,26). The highest BCUT2D eigenvalue weighted by molar-refractivity contribution is 7.99. The average molecular weight is 471 g/mol. The van der Waals surface area contributed by atoms with Crippen LogP contribution in [0, 0.1) is 10.8 Å². The first-order valence-electron chi connectivity index (χ1n) is 10.1. The molecular formula is C19H39N2O7PS. The average Bonchev–Trinajstić information content (AvgIpc) is 2.61. The number of carbonyl (C=O) groups excluding carboxylic acids is 2. The molecule has 30 heavy (non-hydrogen) atoms. The molecule has 0 aliphatic rings. The highest BCUT2D eigenvalue weighted by Gasteiger charge is 2.36. The van der Waals surface area contributed by atoms with Gasteiger partial charge in [0.1, 0.15) is 6.10 Å². The van der Waals surface area contributed by atoms with E-state index in [1.807, 2.05) is 0 Å². The van der Waals surface area contributed by atoms with Gasteiger partial charge in [0.2, 0.25) is 11.8 Å². The molecule has 0 aliphatic carbocycles. The quantitative estimate of drug-likeness (QED) is 0.212. The number of aliphatic hydroxyl groups is 1. The summed E-state index contributed by atoms with van der Waals surface area (Å²) in [6.45, 7) is 11.4. The zero-order valence-corrected chi connectivity index (χ0v) is 20.7. The number of hydrogen-bond acceptors (Lipinski definition) is 7. The molecule has 178 valence electrons. The molecule has 0 saturated heterocycles. The Morgan fingerprint density at radius 3 is 2.27 bits per heavy atom. The topological polar surface area (TPSA) is 134 Å². The first-order chi connectivity index (χ1) is 13.7. The number of thioether (sulfide) groups is 1. The van der Waals surface area contributed by atoms with E-state index in [0.717, 1.165) is 17.9 Å². The maximum absolute atomic E-state index is 12.1. The lowest BCUT2D eigenvalue weighted by atomic mass is 9.87. The number of carbonyl (C=O) groups is 2. The Balaban J connectivity index is 4.10. The molecule has 0 heterocycles. The summed E-state index contributed by atoms with van der Waals surface area (Å²) in [7, 11) is -4.22. The van der Waals surface area contributed by atoms with Crippen LogP contribution in [-0.2, 0) is 23.2 Å². The third-order valence-electron chi connectivity index (χ3n) is 4.10. The van der Waals surface area contributed by atoms with Crippen molar-refractivity contribution in [1.82, 2.24) is 10.6 Å². The van der Waals surface area contributed by atoms with Gasteiger partial charge >= 0.3 is 7.82 Å². The Bertz CT molecular complexity index is 582. The van der Waals surface area contributed by atoms with Gasteiger partial charge in [0.15, 0.2) is 0 Å². The highest BCUT2D eigenvalue weighted by Crippen LogP contribution is 2.44. The van der Waals surface area contributed by atoms with Gasteiger partial charge in [0.25, 0.3) is 0 Å². The van der Waals surface area contributed by atoms with Crippen molar-refractivity contribution in [2.24, 2.45) is 10.8 Å². The van der Waals surface area contributed by atoms with Crippen LogP contribution in [-0.4, -0.2) is 65.7 Å². The SMILES string of the molecule is CCOP(=O)(O)OCC(C)(C)C(O)C(=O)NCCC(=O)NCCSCCC(C)(C)C. The van der Waals surface area contributed by atoms with E-state index < -0.39 is 25.2 Å². The molecule has 9 nitrogen and oxygen atoms in total. The molecule has 11 heteroatoms. The fourth-order valence-corrected chi connectivity index (χ4v) is 4.21. The third-order valence-corrected chi connectivity index (χ3v) is 6.12. The number of nitrogens with one attached hydrogen (secondary N) is 2. The second-order valence-electron chi connectivity index (χ2n) is 8.86. The van der Waals surface area contributed by atoms with Gasteiger partial charge < -0.3 is 20.6 Å². The van der Waals surface area contributed by atoms with Gasteiger partial charge in [0.05, 0.1) is 13.2 Å². The summed E-state index contributed by atoms with van der Waals surface area (Å²) in [5, 5.41) is 15.5. The maximum atomic E-state index is 12.1. The molecule has 2 amide bonds. The van der Waals surface area contributed by atoms with E-state index in [0.29, 0.717) is 12.0 Å².